The molecule has 0 aliphatic carbocycles. The van der Waals surface area contributed by atoms with E-state index in [4.69, 9.17) is 11.5 Å². The maximum atomic E-state index is 14.7. The van der Waals surface area contributed by atoms with Crippen molar-refractivity contribution in [1.82, 2.24) is 41.7 Å². The normalized spacial score (nSPS) is 29.4. The van der Waals surface area contributed by atoms with Crippen molar-refractivity contribution in [1.29, 1.82) is 0 Å². The lowest BCUT2D eigenvalue weighted by molar-refractivity contribution is -0.148. The fourth-order valence-corrected chi connectivity index (χ4v) is 10.5. The summed E-state index contributed by atoms with van der Waals surface area (Å²) in [4.78, 5) is 102. The zero-order valence-corrected chi connectivity index (χ0v) is 45.8. The number of unbranched alkanes of at least 4 members (excludes halogenated alkanes) is 5. The van der Waals surface area contributed by atoms with Gasteiger partial charge in [0.15, 0.2) is 0 Å². The third kappa shape index (κ3) is 18.5. The average molecular weight is 1110 g/mol. The molecule has 0 aromatic heterocycles. The molecule has 25 heteroatoms. The molecule has 0 spiro atoms. The van der Waals surface area contributed by atoms with Crippen LogP contribution in [0.1, 0.15) is 130 Å². The first kappa shape index (κ1) is 65.4. The molecule has 17 atom stereocenters. The fraction of sp³-hybridized carbons (Fsp3) is 0.755. The number of nitrogens with two attached hydrogens (primary N) is 2. The summed E-state index contributed by atoms with van der Waals surface area (Å²) in [7, 11) is 0. The average Bonchev–Trinajstić information content (AvgIpc) is 3.94. The van der Waals surface area contributed by atoms with Gasteiger partial charge in [-0.3, -0.25) is 38.9 Å². The molecular formula is C53H90N10O15. The van der Waals surface area contributed by atoms with Crippen LogP contribution in [0.2, 0.25) is 0 Å². The van der Waals surface area contributed by atoms with Crippen molar-refractivity contribution in [2.24, 2.45) is 29.2 Å². The Morgan fingerprint density at radius 3 is 1.96 bits per heavy atom. The van der Waals surface area contributed by atoms with Crippen LogP contribution >= 0.6 is 0 Å². The van der Waals surface area contributed by atoms with Gasteiger partial charge in [-0.15, -0.1) is 0 Å². The molecule has 0 bridgehead atoms. The smallest absolute Gasteiger partial charge is 0.248 e. The molecule has 7 amide bonds. The summed E-state index contributed by atoms with van der Waals surface area (Å²) in [5, 5.41) is 105. The molecule has 3 saturated heterocycles. The molecule has 3 heterocycles. The van der Waals surface area contributed by atoms with E-state index < -0.39 is 152 Å². The monoisotopic (exact) mass is 1110 g/mol. The maximum absolute atomic E-state index is 14.7. The first-order valence-electron chi connectivity index (χ1n) is 27.7. The van der Waals surface area contributed by atoms with Gasteiger partial charge in [0.2, 0.25) is 41.4 Å². The molecule has 1 aromatic carbocycles. The fourth-order valence-electron chi connectivity index (χ4n) is 10.5. The van der Waals surface area contributed by atoms with Crippen LogP contribution in [0.3, 0.4) is 0 Å². The molecule has 0 radical (unpaired) electrons. The zero-order valence-electron chi connectivity index (χ0n) is 45.8. The summed E-state index contributed by atoms with van der Waals surface area (Å²) < 4.78 is 0. The summed E-state index contributed by atoms with van der Waals surface area (Å²) in [5.41, 5.74) is 11.5. The number of carbonyl (C=O) groups is 7. The van der Waals surface area contributed by atoms with E-state index in [1.807, 2.05) is 0 Å². The van der Waals surface area contributed by atoms with E-state index in [2.05, 4.69) is 52.7 Å². The van der Waals surface area contributed by atoms with Crippen LogP contribution in [0.25, 0.3) is 0 Å². The van der Waals surface area contributed by atoms with Gasteiger partial charge in [-0.25, -0.2) is 0 Å². The molecule has 4 rings (SSSR count). The minimum absolute atomic E-state index is 0.0276. The molecule has 4 unspecified atom stereocenters. The highest BCUT2D eigenvalue weighted by Gasteiger charge is 2.50. The van der Waals surface area contributed by atoms with Crippen molar-refractivity contribution in [3.63, 3.8) is 0 Å². The standard InChI is InChI=1S/C53H90N10O15/c1-6-28(2)23-29(3)13-11-9-7-8-10-12-14-39(69)57-35-25-38(68)47(56-22-21-55)61-51(76)43-44(70)30(4)26-63(43)53(78)41(37(67)19-20-54)59-50(75)42(46(72)45(71)32-15-17-33(65)18-16-32)60-49(74)36-24-34(66)27-62(36)52(77)40(31(5)64)58-48(35)73/h15-18,28-31,34-38,40-47,56,64-68,70-72H,6-14,19-27,54-55H2,1-5H3,(H,57,69)(H,58,73)(H,59,75)(H,60,74)(H,61,76)/t28?,29?,30-,31?,34+,35+,36-,37?,38-,40-,41-,42-,43-,44-,45-,46-,47-/m0/s1. The van der Waals surface area contributed by atoms with Gasteiger partial charge in [0.1, 0.15) is 60.4 Å². The molecule has 3 aliphatic heterocycles. The van der Waals surface area contributed by atoms with Gasteiger partial charge >= 0.3 is 0 Å². The van der Waals surface area contributed by atoms with E-state index in [0.29, 0.717) is 24.7 Å². The number of amides is 7. The highest BCUT2D eigenvalue weighted by Crippen LogP contribution is 2.28. The van der Waals surface area contributed by atoms with Crippen molar-refractivity contribution in [3.05, 3.63) is 29.8 Å². The summed E-state index contributed by atoms with van der Waals surface area (Å²) in [6.07, 6.45) is -6.85. The van der Waals surface area contributed by atoms with Crippen LogP contribution in [-0.2, 0) is 33.6 Å². The molecule has 3 fully saturated rings. The Bertz CT molecular complexity index is 2110. The number of hydrogen-bond donors (Lipinski definition) is 16. The van der Waals surface area contributed by atoms with Gasteiger partial charge in [0, 0.05) is 51.4 Å². The van der Waals surface area contributed by atoms with Gasteiger partial charge in [-0.2, -0.15) is 0 Å². The van der Waals surface area contributed by atoms with Crippen LogP contribution in [0.4, 0.5) is 0 Å². The Morgan fingerprint density at radius 1 is 0.718 bits per heavy atom. The lowest BCUT2D eigenvalue weighted by atomic mass is 9.91. The minimum Gasteiger partial charge on any atom is -0.508 e. The zero-order chi connectivity index (χ0) is 58.0. The van der Waals surface area contributed by atoms with Gasteiger partial charge < -0.3 is 88.7 Å². The van der Waals surface area contributed by atoms with E-state index in [0.717, 1.165) is 55.2 Å². The third-order valence-corrected chi connectivity index (χ3v) is 15.3. The van der Waals surface area contributed by atoms with Crippen molar-refractivity contribution in [3.8, 4) is 5.75 Å². The number of nitrogens with one attached hydrogen (secondary N) is 6. The van der Waals surface area contributed by atoms with Crippen molar-refractivity contribution in [2.75, 3.05) is 32.7 Å². The molecule has 18 N–H and O–H groups in total. The van der Waals surface area contributed by atoms with Crippen LogP contribution in [0.15, 0.2) is 24.3 Å². The van der Waals surface area contributed by atoms with E-state index >= 15 is 0 Å². The van der Waals surface area contributed by atoms with Gasteiger partial charge in [0.25, 0.3) is 0 Å². The van der Waals surface area contributed by atoms with Crippen LogP contribution in [0.5, 0.6) is 5.75 Å². The molecule has 25 nitrogen and oxygen atoms in total. The number of phenolic OH excluding ortho intramolecular Hbond substituents is 1. The van der Waals surface area contributed by atoms with Gasteiger partial charge in [-0.1, -0.05) is 84.8 Å². The number of nitrogens with zero attached hydrogens (tertiary/aromatic N) is 2. The number of phenols is 1. The Hall–Kier alpha value is -5.09. The predicted molar refractivity (Wildman–Crippen MR) is 285 cm³/mol. The first-order chi connectivity index (χ1) is 36.9. The number of benzene rings is 1. The van der Waals surface area contributed by atoms with Crippen molar-refractivity contribution < 1.29 is 74.4 Å². The number of carbonyl (C=O) groups excluding carboxylic acids is 7. The lowest BCUT2D eigenvalue weighted by Crippen LogP contribution is -2.65. The Labute approximate surface area is 457 Å². The van der Waals surface area contributed by atoms with Crippen LogP contribution in [-0.4, -0.2) is 204 Å². The Balaban J connectivity index is 1.75. The first-order valence-corrected chi connectivity index (χ1v) is 27.7. The van der Waals surface area contributed by atoms with E-state index in [1.54, 1.807) is 0 Å². The van der Waals surface area contributed by atoms with Gasteiger partial charge in [-0.05, 0) is 62.3 Å². The SMILES string of the molecule is CCC(C)CC(C)CCCCCCCCC(=O)N[C@@H]1C[C@H](O)[C@@H](NCCN)NC(=O)[C@@H]2[C@@H](O)[C@@H](C)CN2C(=O)[C@H](C(O)CCN)NC(=O)[C@H]([C@H](O)[C@@H](O)c2ccc(O)cc2)NC(=O)[C@@H]2C[C@@H](O)CN2C(=O)[C@H](C(C)O)NC1=O. The second-order valence-corrected chi connectivity index (χ2v) is 21.8. The van der Waals surface area contributed by atoms with E-state index in [1.165, 1.54) is 37.6 Å². The highest BCUT2D eigenvalue weighted by atomic mass is 16.3. The van der Waals surface area contributed by atoms with Crippen molar-refractivity contribution >= 4 is 41.4 Å². The molecule has 442 valence electrons. The number of rotatable bonds is 23. The van der Waals surface area contributed by atoms with Crippen LogP contribution < -0.4 is 43.4 Å². The van der Waals surface area contributed by atoms with Crippen molar-refractivity contribution in [2.45, 2.75) is 203 Å². The number of fused-ring (bicyclic) bond motifs is 2. The van der Waals surface area contributed by atoms with E-state index in [9.17, 15) is 74.4 Å². The van der Waals surface area contributed by atoms with E-state index in [-0.39, 0.29) is 50.3 Å². The molecule has 1 aromatic rings. The molecular weight excluding hydrogens is 1020 g/mol. The Morgan fingerprint density at radius 2 is 1.33 bits per heavy atom. The predicted octanol–water partition coefficient (Wildman–Crippen LogP) is -3.07. The Kier molecular flexibility index (Phi) is 26.5. The lowest BCUT2D eigenvalue weighted by Gasteiger charge is -2.35. The highest BCUT2D eigenvalue weighted by molar-refractivity contribution is 5.98. The van der Waals surface area contributed by atoms with Gasteiger partial charge in [0.05, 0.1) is 30.5 Å². The minimum atomic E-state index is -2.28. The molecule has 78 heavy (non-hydrogen) atoms. The molecule has 3 aliphatic rings. The summed E-state index contributed by atoms with van der Waals surface area (Å²) >= 11 is 0. The number of hydrogen-bond acceptors (Lipinski definition) is 18. The summed E-state index contributed by atoms with van der Waals surface area (Å²) in [5.74, 6) is -7.25. The topological polar surface area (TPSA) is 412 Å². The number of aliphatic hydroxyl groups excluding tert-OH is 7. The number of aliphatic hydroxyl groups is 7. The maximum Gasteiger partial charge on any atom is 0.248 e. The summed E-state index contributed by atoms with van der Waals surface area (Å²) in [6.45, 7) is 8.23. The summed E-state index contributed by atoms with van der Waals surface area (Å²) in [6, 6.07) is -6.44. The molecule has 0 saturated carbocycles. The van der Waals surface area contributed by atoms with Crippen LogP contribution in [0, 0.1) is 17.8 Å². The third-order valence-electron chi connectivity index (χ3n) is 15.3. The second-order valence-electron chi connectivity index (χ2n) is 21.8. The number of aromatic hydroxyl groups is 1. The largest absolute Gasteiger partial charge is 0.508 e. The second kappa shape index (κ2) is 31.6. The quantitative estimate of drug-likeness (QED) is 0.0484.